The zero-order valence-electron chi connectivity index (χ0n) is 6.71. The highest BCUT2D eigenvalue weighted by Crippen LogP contribution is 2.11. The van der Waals surface area contributed by atoms with Crippen molar-refractivity contribution in [3.63, 3.8) is 0 Å². The molecule has 5 N–H and O–H groups in total. The third kappa shape index (κ3) is 2.49. The van der Waals surface area contributed by atoms with Crippen molar-refractivity contribution in [3.05, 3.63) is 29.8 Å². The summed E-state index contributed by atoms with van der Waals surface area (Å²) in [5.41, 5.74) is 5.59. The molecule has 0 fully saturated rings. The SMILES string of the molecule is NC(O)c1ccc(S(N)(=O)=O)cc1. The Hall–Kier alpha value is -0.950. The van der Waals surface area contributed by atoms with Crippen molar-refractivity contribution in [1.82, 2.24) is 0 Å². The maximum Gasteiger partial charge on any atom is 0.238 e. The van der Waals surface area contributed by atoms with Crippen LogP contribution in [-0.2, 0) is 10.0 Å². The first-order valence-corrected chi connectivity index (χ1v) is 5.02. The largest absolute Gasteiger partial charge is 0.375 e. The second-order valence-electron chi connectivity index (χ2n) is 2.56. The van der Waals surface area contributed by atoms with Crippen LogP contribution < -0.4 is 10.9 Å². The monoisotopic (exact) mass is 202 g/mol. The van der Waals surface area contributed by atoms with Crippen LogP contribution in [0.5, 0.6) is 0 Å². The average Bonchev–Trinajstić information content (AvgIpc) is 2.03. The van der Waals surface area contributed by atoms with Gasteiger partial charge in [0.25, 0.3) is 0 Å². The highest BCUT2D eigenvalue weighted by Gasteiger charge is 2.07. The number of primary sulfonamides is 1. The molecule has 0 saturated heterocycles. The lowest BCUT2D eigenvalue weighted by Crippen LogP contribution is -2.13. The van der Waals surface area contributed by atoms with Crippen molar-refractivity contribution in [1.29, 1.82) is 0 Å². The number of benzene rings is 1. The van der Waals surface area contributed by atoms with E-state index in [0.717, 1.165) is 0 Å². The number of sulfonamides is 1. The minimum Gasteiger partial charge on any atom is -0.375 e. The summed E-state index contributed by atoms with van der Waals surface area (Å²) < 4.78 is 21.6. The number of hydrogen-bond acceptors (Lipinski definition) is 4. The second kappa shape index (κ2) is 3.43. The molecule has 0 aliphatic heterocycles. The molecule has 1 aromatic carbocycles. The standard InChI is InChI=1S/C7H10N2O3S/c8-7(10)5-1-3-6(4-2-5)13(9,11)12/h1-4,7,10H,8H2,(H2,9,11,12). The number of aliphatic hydroxyl groups is 1. The van der Waals surface area contributed by atoms with E-state index in [4.69, 9.17) is 16.0 Å². The molecule has 5 nitrogen and oxygen atoms in total. The highest BCUT2D eigenvalue weighted by atomic mass is 32.2. The van der Waals surface area contributed by atoms with Gasteiger partial charge in [0.05, 0.1) is 4.90 Å². The minimum atomic E-state index is -3.67. The van der Waals surface area contributed by atoms with Crippen LogP contribution in [0.4, 0.5) is 0 Å². The fourth-order valence-electron chi connectivity index (χ4n) is 0.855. The van der Waals surface area contributed by atoms with Gasteiger partial charge in [-0.25, -0.2) is 13.6 Å². The van der Waals surface area contributed by atoms with E-state index in [-0.39, 0.29) is 4.90 Å². The first-order chi connectivity index (χ1) is 5.91. The molecule has 0 spiro atoms. The molecule has 6 heteroatoms. The van der Waals surface area contributed by atoms with Gasteiger partial charge in [-0.15, -0.1) is 0 Å². The molecule has 1 rings (SSSR count). The Bertz CT molecular complexity index is 383. The van der Waals surface area contributed by atoms with Crippen molar-refractivity contribution in [2.75, 3.05) is 0 Å². The van der Waals surface area contributed by atoms with Crippen molar-refractivity contribution in [3.8, 4) is 0 Å². The zero-order chi connectivity index (χ0) is 10.1. The fraction of sp³-hybridized carbons (Fsp3) is 0.143. The van der Waals surface area contributed by atoms with Crippen LogP contribution in [0.15, 0.2) is 29.2 Å². The Morgan fingerprint density at radius 1 is 1.23 bits per heavy atom. The van der Waals surface area contributed by atoms with Gasteiger partial charge >= 0.3 is 0 Å². The van der Waals surface area contributed by atoms with Gasteiger partial charge in [0.1, 0.15) is 6.23 Å². The normalized spacial score (nSPS) is 14.1. The van der Waals surface area contributed by atoms with Gasteiger partial charge in [0, 0.05) is 0 Å². The second-order valence-corrected chi connectivity index (χ2v) is 4.12. The van der Waals surface area contributed by atoms with E-state index < -0.39 is 16.3 Å². The predicted octanol–water partition coefficient (Wildman–Crippen LogP) is -0.716. The van der Waals surface area contributed by atoms with Crippen LogP contribution >= 0.6 is 0 Å². The summed E-state index contributed by atoms with van der Waals surface area (Å²) in [4.78, 5) is -0.00287. The van der Waals surface area contributed by atoms with Gasteiger partial charge in [-0.1, -0.05) is 12.1 Å². The fourth-order valence-corrected chi connectivity index (χ4v) is 1.37. The average molecular weight is 202 g/mol. The lowest BCUT2D eigenvalue weighted by atomic mass is 10.2. The van der Waals surface area contributed by atoms with Crippen molar-refractivity contribution < 1.29 is 13.5 Å². The van der Waals surface area contributed by atoms with E-state index in [2.05, 4.69) is 0 Å². The van der Waals surface area contributed by atoms with Crippen LogP contribution in [0, 0.1) is 0 Å². The van der Waals surface area contributed by atoms with Gasteiger partial charge in [-0.3, -0.25) is 0 Å². The lowest BCUT2D eigenvalue weighted by molar-refractivity contribution is 0.186. The van der Waals surface area contributed by atoms with Crippen LogP contribution in [-0.4, -0.2) is 13.5 Å². The Kier molecular flexibility index (Phi) is 2.67. The summed E-state index contributed by atoms with van der Waals surface area (Å²) in [5.74, 6) is 0. The third-order valence-electron chi connectivity index (χ3n) is 1.55. The van der Waals surface area contributed by atoms with Gasteiger partial charge in [-0.05, 0) is 17.7 Å². The van der Waals surface area contributed by atoms with Crippen LogP contribution in [0.2, 0.25) is 0 Å². The Balaban J connectivity index is 3.08. The Morgan fingerprint density at radius 2 is 1.69 bits per heavy atom. The minimum absolute atomic E-state index is 0.00287. The molecule has 1 unspecified atom stereocenters. The van der Waals surface area contributed by atoms with Gasteiger partial charge in [0.15, 0.2) is 0 Å². The number of nitrogens with two attached hydrogens (primary N) is 2. The van der Waals surface area contributed by atoms with Gasteiger partial charge in [0.2, 0.25) is 10.0 Å². The summed E-state index contributed by atoms with van der Waals surface area (Å²) in [6.45, 7) is 0. The van der Waals surface area contributed by atoms with E-state index >= 15 is 0 Å². The quantitative estimate of drug-likeness (QED) is 0.550. The number of rotatable bonds is 2. The summed E-state index contributed by atoms with van der Waals surface area (Å²) >= 11 is 0. The first kappa shape index (κ1) is 10.1. The van der Waals surface area contributed by atoms with E-state index in [0.29, 0.717) is 5.56 Å². The van der Waals surface area contributed by atoms with Crippen molar-refractivity contribution in [2.45, 2.75) is 11.1 Å². The highest BCUT2D eigenvalue weighted by molar-refractivity contribution is 7.89. The molecule has 0 heterocycles. The molecule has 0 amide bonds. The van der Waals surface area contributed by atoms with Crippen molar-refractivity contribution >= 4 is 10.0 Å². The van der Waals surface area contributed by atoms with Crippen LogP contribution in [0.3, 0.4) is 0 Å². The predicted molar refractivity (Wildman–Crippen MR) is 47.0 cm³/mol. The molecular weight excluding hydrogens is 192 g/mol. The molecule has 0 aliphatic carbocycles. The summed E-state index contributed by atoms with van der Waals surface area (Å²) in [6, 6.07) is 5.40. The molecule has 0 aliphatic rings. The van der Waals surface area contributed by atoms with Crippen molar-refractivity contribution in [2.24, 2.45) is 10.9 Å². The molecule has 0 radical (unpaired) electrons. The van der Waals surface area contributed by atoms with Crippen LogP contribution in [0.25, 0.3) is 0 Å². The molecule has 0 aromatic heterocycles. The Labute approximate surface area is 76.0 Å². The maximum atomic E-state index is 10.8. The third-order valence-corrected chi connectivity index (χ3v) is 2.48. The van der Waals surface area contributed by atoms with E-state index in [9.17, 15) is 8.42 Å². The zero-order valence-corrected chi connectivity index (χ0v) is 7.53. The van der Waals surface area contributed by atoms with Gasteiger partial charge < -0.3 is 10.8 Å². The number of aliphatic hydroxyl groups excluding tert-OH is 1. The first-order valence-electron chi connectivity index (χ1n) is 3.47. The summed E-state index contributed by atoms with van der Waals surface area (Å²) in [7, 11) is -3.67. The maximum absolute atomic E-state index is 10.8. The molecule has 72 valence electrons. The summed E-state index contributed by atoms with van der Waals surface area (Å²) in [6.07, 6.45) is -1.10. The van der Waals surface area contributed by atoms with E-state index in [1.807, 2.05) is 0 Å². The molecule has 0 saturated carbocycles. The molecule has 1 atom stereocenters. The lowest BCUT2D eigenvalue weighted by Gasteiger charge is -2.04. The Morgan fingerprint density at radius 3 is 2.00 bits per heavy atom. The number of hydrogen-bond donors (Lipinski definition) is 3. The summed E-state index contributed by atoms with van der Waals surface area (Å²) in [5, 5.41) is 13.8. The van der Waals surface area contributed by atoms with E-state index in [1.54, 1.807) is 0 Å². The van der Waals surface area contributed by atoms with Gasteiger partial charge in [-0.2, -0.15) is 0 Å². The molecule has 0 bridgehead atoms. The molecule has 1 aromatic rings. The molecular formula is C7H10N2O3S. The molecule has 13 heavy (non-hydrogen) atoms. The topological polar surface area (TPSA) is 106 Å². The van der Waals surface area contributed by atoms with E-state index in [1.165, 1.54) is 24.3 Å². The van der Waals surface area contributed by atoms with Crippen LogP contribution in [0.1, 0.15) is 11.8 Å². The smallest absolute Gasteiger partial charge is 0.238 e.